The molecule has 0 bridgehead atoms. The molecule has 98 valence electrons. The van der Waals surface area contributed by atoms with Gasteiger partial charge in [0.2, 0.25) is 0 Å². The SMILES string of the molecule is CCc1cc(CNC(C)(C)CCO)n(CC)n1. The number of aromatic nitrogens is 2. The van der Waals surface area contributed by atoms with Gasteiger partial charge in [-0.2, -0.15) is 5.10 Å². The summed E-state index contributed by atoms with van der Waals surface area (Å²) in [6.45, 7) is 10.4. The molecule has 4 heteroatoms. The van der Waals surface area contributed by atoms with Gasteiger partial charge < -0.3 is 10.4 Å². The first-order valence-corrected chi connectivity index (χ1v) is 6.44. The van der Waals surface area contributed by atoms with Crippen molar-refractivity contribution >= 4 is 0 Å². The van der Waals surface area contributed by atoms with E-state index in [0.717, 1.165) is 31.6 Å². The quantitative estimate of drug-likeness (QED) is 0.761. The lowest BCUT2D eigenvalue weighted by Crippen LogP contribution is -2.39. The Morgan fingerprint density at radius 1 is 1.41 bits per heavy atom. The van der Waals surface area contributed by atoms with Crippen LogP contribution in [0.15, 0.2) is 6.07 Å². The van der Waals surface area contributed by atoms with Gasteiger partial charge in [-0.3, -0.25) is 4.68 Å². The Balaban J connectivity index is 2.64. The highest BCUT2D eigenvalue weighted by atomic mass is 16.3. The molecule has 17 heavy (non-hydrogen) atoms. The van der Waals surface area contributed by atoms with E-state index in [-0.39, 0.29) is 12.1 Å². The molecule has 0 amide bonds. The van der Waals surface area contributed by atoms with Crippen LogP contribution in [0.25, 0.3) is 0 Å². The third-order valence-corrected chi connectivity index (χ3v) is 3.06. The molecule has 0 saturated carbocycles. The summed E-state index contributed by atoms with van der Waals surface area (Å²) in [5.74, 6) is 0. The first-order valence-electron chi connectivity index (χ1n) is 6.44. The van der Waals surface area contributed by atoms with Gasteiger partial charge in [0.1, 0.15) is 0 Å². The first-order chi connectivity index (χ1) is 8.02. The lowest BCUT2D eigenvalue weighted by atomic mass is 10.0. The average Bonchev–Trinajstić information content (AvgIpc) is 2.69. The van der Waals surface area contributed by atoms with Crippen LogP contribution in [0.1, 0.15) is 45.5 Å². The van der Waals surface area contributed by atoms with Gasteiger partial charge in [0.15, 0.2) is 0 Å². The fourth-order valence-corrected chi connectivity index (χ4v) is 1.80. The maximum atomic E-state index is 8.98. The minimum absolute atomic E-state index is 0.0377. The number of rotatable bonds is 7. The topological polar surface area (TPSA) is 50.1 Å². The molecule has 2 N–H and O–H groups in total. The third kappa shape index (κ3) is 4.13. The van der Waals surface area contributed by atoms with Crippen LogP contribution in [0.5, 0.6) is 0 Å². The van der Waals surface area contributed by atoms with Crippen molar-refractivity contribution in [2.24, 2.45) is 0 Å². The van der Waals surface area contributed by atoms with Crippen LogP contribution in [0.2, 0.25) is 0 Å². The molecular formula is C13H25N3O. The zero-order chi connectivity index (χ0) is 12.9. The van der Waals surface area contributed by atoms with Crippen molar-refractivity contribution in [2.45, 2.75) is 59.2 Å². The Morgan fingerprint density at radius 3 is 2.65 bits per heavy atom. The second kappa shape index (κ2) is 6.17. The number of aliphatic hydroxyl groups excluding tert-OH is 1. The average molecular weight is 239 g/mol. The van der Waals surface area contributed by atoms with Gasteiger partial charge in [-0.25, -0.2) is 0 Å². The van der Waals surface area contributed by atoms with Gasteiger partial charge in [0.05, 0.1) is 11.4 Å². The summed E-state index contributed by atoms with van der Waals surface area (Å²) in [4.78, 5) is 0. The van der Waals surface area contributed by atoms with Crippen LogP contribution < -0.4 is 5.32 Å². The van der Waals surface area contributed by atoms with E-state index in [0.29, 0.717) is 0 Å². The minimum Gasteiger partial charge on any atom is -0.396 e. The second-order valence-corrected chi connectivity index (χ2v) is 5.01. The summed E-state index contributed by atoms with van der Waals surface area (Å²) in [5.41, 5.74) is 2.32. The molecule has 1 aromatic rings. The largest absolute Gasteiger partial charge is 0.396 e. The summed E-state index contributed by atoms with van der Waals surface area (Å²) in [6, 6.07) is 2.16. The van der Waals surface area contributed by atoms with Crippen molar-refractivity contribution in [1.82, 2.24) is 15.1 Å². The highest BCUT2D eigenvalue weighted by molar-refractivity contribution is 5.10. The van der Waals surface area contributed by atoms with E-state index in [1.807, 2.05) is 4.68 Å². The summed E-state index contributed by atoms with van der Waals surface area (Å²) < 4.78 is 2.04. The van der Waals surface area contributed by atoms with Crippen LogP contribution in [-0.4, -0.2) is 27.0 Å². The van der Waals surface area contributed by atoms with Crippen molar-refractivity contribution in [1.29, 1.82) is 0 Å². The Bertz CT molecular complexity index is 344. The number of hydrogen-bond donors (Lipinski definition) is 2. The summed E-state index contributed by atoms with van der Waals surface area (Å²) in [6.07, 6.45) is 1.73. The molecule has 0 atom stereocenters. The smallest absolute Gasteiger partial charge is 0.0625 e. The van der Waals surface area contributed by atoms with E-state index < -0.39 is 0 Å². The number of aryl methyl sites for hydroxylation is 2. The molecule has 0 radical (unpaired) electrons. The number of aliphatic hydroxyl groups is 1. The summed E-state index contributed by atoms with van der Waals surface area (Å²) in [7, 11) is 0. The van der Waals surface area contributed by atoms with E-state index in [2.05, 4.69) is 44.2 Å². The number of nitrogens with one attached hydrogen (secondary N) is 1. The predicted molar refractivity (Wildman–Crippen MR) is 69.9 cm³/mol. The molecule has 1 heterocycles. The second-order valence-electron chi connectivity index (χ2n) is 5.01. The zero-order valence-electron chi connectivity index (χ0n) is 11.5. The van der Waals surface area contributed by atoms with Crippen molar-refractivity contribution in [2.75, 3.05) is 6.61 Å². The van der Waals surface area contributed by atoms with Crippen LogP contribution in [0.4, 0.5) is 0 Å². The fourth-order valence-electron chi connectivity index (χ4n) is 1.80. The van der Waals surface area contributed by atoms with Gasteiger partial charge in [-0.05, 0) is 39.7 Å². The molecule has 0 aliphatic carbocycles. The molecule has 0 spiro atoms. The lowest BCUT2D eigenvalue weighted by Gasteiger charge is -2.25. The molecular weight excluding hydrogens is 214 g/mol. The molecule has 0 aromatic carbocycles. The number of nitrogens with zero attached hydrogens (tertiary/aromatic N) is 2. The third-order valence-electron chi connectivity index (χ3n) is 3.06. The Kier molecular flexibility index (Phi) is 5.15. The lowest BCUT2D eigenvalue weighted by molar-refractivity contribution is 0.229. The molecule has 0 unspecified atom stereocenters. The van der Waals surface area contributed by atoms with Gasteiger partial charge in [0, 0.05) is 25.2 Å². The molecule has 0 fully saturated rings. The van der Waals surface area contributed by atoms with Crippen molar-refractivity contribution in [3.8, 4) is 0 Å². The van der Waals surface area contributed by atoms with E-state index in [1.165, 1.54) is 5.69 Å². The first kappa shape index (κ1) is 14.2. The Labute approximate surface area is 104 Å². The summed E-state index contributed by atoms with van der Waals surface area (Å²) in [5, 5.41) is 17.0. The summed E-state index contributed by atoms with van der Waals surface area (Å²) >= 11 is 0. The monoisotopic (exact) mass is 239 g/mol. The minimum atomic E-state index is -0.0377. The van der Waals surface area contributed by atoms with E-state index in [4.69, 9.17) is 5.11 Å². The standard InChI is InChI=1S/C13H25N3O/c1-5-11-9-12(16(6-2)15-11)10-14-13(3,4)7-8-17/h9,14,17H,5-8,10H2,1-4H3. The molecule has 4 nitrogen and oxygen atoms in total. The number of hydrogen-bond acceptors (Lipinski definition) is 3. The van der Waals surface area contributed by atoms with Gasteiger partial charge in [-0.1, -0.05) is 6.92 Å². The Hall–Kier alpha value is -0.870. The normalized spacial score (nSPS) is 12.1. The van der Waals surface area contributed by atoms with Crippen LogP contribution in [0.3, 0.4) is 0 Å². The van der Waals surface area contributed by atoms with Gasteiger partial charge >= 0.3 is 0 Å². The van der Waals surface area contributed by atoms with Crippen molar-refractivity contribution in [3.05, 3.63) is 17.5 Å². The van der Waals surface area contributed by atoms with Crippen LogP contribution in [-0.2, 0) is 19.5 Å². The molecule has 1 aromatic heterocycles. The predicted octanol–water partition coefficient (Wildman–Crippen LogP) is 1.72. The van der Waals surface area contributed by atoms with E-state index in [9.17, 15) is 0 Å². The maximum absolute atomic E-state index is 8.98. The molecule has 0 aliphatic rings. The molecule has 1 rings (SSSR count). The van der Waals surface area contributed by atoms with Crippen molar-refractivity contribution < 1.29 is 5.11 Å². The van der Waals surface area contributed by atoms with Crippen LogP contribution in [0, 0.1) is 0 Å². The molecule has 0 aliphatic heterocycles. The highest BCUT2D eigenvalue weighted by Crippen LogP contribution is 2.11. The van der Waals surface area contributed by atoms with Gasteiger partial charge in [0.25, 0.3) is 0 Å². The van der Waals surface area contributed by atoms with E-state index in [1.54, 1.807) is 0 Å². The van der Waals surface area contributed by atoms with Gasteiger partial charge in [-0.15, -0.1) is 0 Å². The van der Waals surface area contributed by atoms with Crippen molar-refractivity contribution in [3.63, 3.8) is 0 Å². The van der Waals surface area contributed by atoms with E-state index >= 15 is 0 Å². The van der Waals surface area contributed by atoms with Crippen LogP contribution >= 0.6 is 0 Å². The highest BCUT2D eigenvalue weighted by Gasteiger charge is 2.17. The maximum Gasteiger partial charge on any atom is 0.0625 e. The zero-order valence-corrected chi connectivity index (χ0v) is 11.5. The Morgan fingerprint density at radius 2 is 2.12 bits per heavy atom. The molecule has 0 saturated heterocycles. The fraction of sp³-hybridized carbons (Fsp3) is 0.769.